The second-order valence-corrected chi connectivity index (χ2v) is 4.92. The molecule has 5 nitrogen and oxygen atoms in total. The van der Waals surface area contributed by atoms with E-state index in [1.165, 1.54) is 6.21 Å². The number of rotatable bonds is 8. The third-order valence-electron chi connectivity index (χ3n) is 2.53. The first-order valence-corrected chi connectivity index (χ1v) is 6.87. The Bertz CT molecular complexity index is 450. The molecule has 0 aliphatic carbocycles. The van der Waals surface area contributed by atoms with Crippen LogP contribution in [-0.4, -0.2) is 50.2 Å². The van der Waals surface area contributed by atoms with Crippen LogP contribution in [0.3, 0.4) is 0 Å². The van der Waals surface area contributed by atoms with Crippen LogP contribution >= 0.6 is 11.6 Å². The van der Waals surface area contributed by atoms with Gasteiger partial charge in [0.25, 0.3) is 0 Å². The molecule has 0 amide bonds. The van der Waals surface area contributed by atoms with Crippen molar-refractivity contribution in [2.24, 2.45) is 5.16 Å². The van der Waals surface area contributed by atoms with Crippen LogP contribution in [0.15, 0.2) is 17.3 Å². The van der Waals surface area contributed by atoms with Crippen molar-refractivity contribution in [3.63, 3.8) is 0 Å². The number of benzene rings is 1. The van der Waals surface area contributed by atoms with E-state index >= 15 is 0 Å². The molecule has 0 radical (unpaired) electrons. The van der Waals surface area contributed by atoms with E-state index < -0.39 is 0 Å². The van der Waals surface area contributed by atoms with Gasteiger partial charge in [0.2, 0.25) is 0 Å². The monoisotopic (exact) mass is 300 g/mol. The van der Waals surface area contributed by atoms with Crippen LogP contribution in [0.1, 0.15) is 18.9 Å². The zero-order valence-corrected chi connectivity index (χ0v) is 12.9. The Balaban J connectivity index is 2.81. The van der Waals surface area contributed by atoms with Gasteiger partial charge in [-0.3, -0.25) is 0 Å². The Kier molecular flexibility index (Phi) is 7.18. The third-order valence-corrected chi connectivity index (χ3v) is 2.82. The molecule has 0 atom stereocenters. The van der Waals surface area contributed by atoms with E-state index in [9.17, 15) is 0 Å². The predicted octanol–water partition coefficient (Wildman–Crippen LogP) is 2.88. The summed E-state index contributed by atoms with van der Waals surface area (Å²) in [6.45, 7) is 3.89. The van der Waals surface area contributed by atoms with Crippen molar-refractivity contribution in [1.82, 2.24) is 4.90 Å². The van der Waals surface area contributed by atoms with E-state index in [0.29, 0.717) is 35.3 Å². The highest BCUT2D eigenvalue weighted by molar-refractivity contribution is 6.32. The average Bonchev–Trinajstić information content (AvgIpc) is 2.37. The molecule has 1 rings (SSSR count). The number of halogens is 1. The first-order valence-electron chi connectivity index (χ1n) is 6.49. The molecular formula is C14H21ClN2O3. The number of nitrogens with zero attached hydrogens (tertiary/aromatic N) is 2. The Morgan fingerprint density at radius 3 is 2.70 bits per heavy atom. The molecule has 0 aliphatic rings. The molecule has 0 aliphatic heterocycles. The van der Waals surface area contributed by atoms with Crippen molar-refractivity contribution in [3.05, 3.63) is 22.7 Å². The third kappa shape index (κ3) is 5.27. The van der Waals surface area contributed by atoms with E-state index in [4.69, 9.17) is 26.3 Å². The fourth-order valence-corrected chi connectivity index (χ4v) is 1.96. The minimum absolute atomic E-state index is 0.440. The summed E-state index contributed by atoms with van der Waals surface area (Å²) >= 11 is 6.19. The molecule has 1 aromatic carbocycles. The zero-order chi connectivity index (χ0) is 15.0. The summed E-state index contributed by atoms with van der Waals surface area (Å²) in [6.07, 6.45) is 2.19. The van der Waals surface area contributed by atoms with Crippen molar-refractivity contribution in [1.29, 1.82) is 0 Å². The van der Waals surface area contributed by atoms with Gasteiger partial charge in [-0.1, -0.05) is 16.8 Å². The number of hydrogen-bond donors (Lipinski definition) is 1. The van der Waals surface area contributed by atoms with Gasteiger partial charge in [-0.25, -0.2) is 0 Å². The topological polar surface area (TPSA) is 54.3 Å². The lowest BCUT2D eigenvalue weighted by atomic mass is 10.2. The van der Waals surface area contributed by atoms with E-state index in [1.54, 1.807) is 12.1 Å². The van der Waals surface area contributed by atoms with E-state index in [-0.39, 0.29) is 0 Å². The van der Waals surface area contributed by atoms with E-state index in [1.807, 2.05) is 21.0 Å². The van der Waals surface area contributed by atoms with Gasteiger partial charge in [0.05, 0.1) is 24.5 Å². The van der Waals surface area contributed by atoms with Gasteiger partial charge in [-0.15, -0.1) is 0 Å². The smallest absolute Gasteiger partial charge is 0.179 e. The van der Waals surface area contributed by atoms with Crippen LogP contribution < -0.4 is 9.47 Å². The highest BCUT2D eigenvalue weighted by Crippen LogP contribution is 2.36. The van der Waals surface area contributed by atoms with Gasteiger partial charge in [-0.05, 0) is 39.6 Å². The van der Waals surface area contributed by atoms with Gasteiger partial charge in [0, 0.05) is 12.1 Å². The van der Waals surface area contributed by atoms with Crippen LogP contribution in [0, 0.1) is 0 Å². The molecule has 1 aromatic rings. The van der Waals surface area contributed by atoms with Gasteiger partial charge in [0.15, 0.2) is 11.5 Å². The Morgan fingerprint density at radius 1 is 1.35 bits per heavy atom. The van der Waals surface area contributed by atoms with E-state index in [0.717, 1.165) is 13.0 Å². The molecule has 112 valence electrons. The molecule has 6 heteroatoms. The molecule has 0 aromatic heterocycles. The molecule has 0 saturated heterocycles. The minimum Gasteiger partial charge on any atom is -0.490 e. The molecule has 0 saturated carbocycles. The molecule has 0 bridgehead atoms. The highest BCUT2D eigenvalue weighted by Gasteiger charge is 2.12. The van der Waals surface area contributed by atoms with Crippen LogP contribution in [0.4, 0.5) is 0 Å². The van der Waals surface area contributed by atoms with Crippen molar-refractivity contribution in [3.8, 4) is 11.5 Å². The van der Waals surface area contributed by atoms with Crippen molar-refractivity contribution < 1.29 is 14.7 Å². The van der Waals surface area contributed by atoms with Crippen molar-refractivity contribution in [2.75, 3.05) is 33.9 Å². The summed E-state index contributed by atoms with van der Waals surface area (Å²) in [7, 11) is 4.03. The maximum Gasteiger partial charge on any atom is 0.179 e. The molecular weight excluding hydrogens is 280 g/mol. The first-order chi connectivity index (χ1) is 9.58. The van der Waals surface area contributed by atoms with Crippen molar-refractivity contribution >= 4 is 17.8 Å². The summed E-state index contributed by atoms with van der Waals surface area (Å²) in [5.41, 5.74) is 0.654. The lowest BCUT2D eigenvalue weighted by Crippen LogP contribution is -2.15. The summed E-state index contributed by atoms with van der Waals surface area (Å²) in [5.74, 6) is 1.09. The molecule has 0 spiro atoms. The number of oxime groups is 1. The summed E-state index contributed by atoms with van der Waals surface area (Å²) in [5, 5.41) is 12.0. The second kappa shape index (κ2) is 8.66. The van der Waals surface area contributed by atoms with Gasteiger partial charge < -0.3 is 19.6 Å². The lowest BCUT2D eigenvalue weighted by molar-refractivity contribution is 0.259. The second-order valence-electron chi connectivity index (χ2n) is 4.51. The van der Waals surface area contributed by atoms with Crippen LogP contribution in [0.25, 0.3) is 0 Å². The summed E-state index contributed by atoms with van der Waals surface area (Å²) in [6, 6.07) is 3.40. The minimum atomic E-state index is 0.440. The standard InChI is InChI=1S/C14H21ClN2O3/c1-4-19-13-9-11(10-16-18)8-12(15)14(13)20-7-5-6-17(2)3/h8-10,18H,4-7H2,1-3H3. The lowest BCUT2D eigenvalue weighted by Gasteiger charge is -2.15. The van der Waals surface area contributed by atoms with Crippen LogP contribution in [-0.2, 0) is 0 Å². The SMILES string of the molecule is CCOc1cc(C=NO)cc(Cl)c1OCCCN(C)C. The number of ether oxygens (including phenoxy) is 2. The van der Waals surface area contributed by atoms with Crippen LogP contribution in [0.2, 0.25) is 5.02 Å². The maximum atomic E-state index is 8.58. The van der Waals surface area contributed by atoms with E-state index in [2.05, 4.69) is 10.1 Å². The molecule has 1 N–H and O–H groups in total. The summed E-state index contributed by atoms with van der Waals surface area (Å²) in [4.78, 5) is 2.09. The fourth-order valence-electron chi connectivity index (χ4n) is 1.69. The molecule has 0 fully saturated rings. The summed E-state index contributed by atoms with van der Waals surface area (Å²) < 4.78 is 11.2. The first kappa shape index (κ1) is 16.6. The Hall–Kier alpha value is -1.46. The van der Waals surface area contributed by atoms with Gasteiger partial charge in [-0.2, -0.15) is 0 Å². The largest absolute Gasteiger partial charge is 0.490 e. The Morgan fingerprint density at radius 2 is 2.10 bits per heavy atom. The van der Waals surface area contributed by atoms with Gasteiger partial charge >= 0.3 is 0 Å². The quantitative estimate of drug-likeness (QED) is 0.347. The zero-order valence-electron chi connectivity index (χ0n) is 12.1. The van der Waals surface area contributed by atoms with Crippen LogP contribution in [0.5, 0.6) is 11.5 Å². The predicted molar refractivity (Wildman–Crippen MR) is 80.7 cm³/mol. The fraction of sp³-hybridized carbons (Fsp3) is 0.500. The number of hydrogen-bond acceptors (Lipinski definition) is 5. The molecule has 0 unspecified atom stereocenters. The average molecular weight is 301 g/mol. The highest BCUT2D eigenvalue weighted by atomic mass is 35.5. The Labute approximate surface area is 124 Å². The molecule has 20 heavy (non-hydrogen) atoms. The van der Waals surface area contributed by atoms with Crippen molar-refractivity contribution in [2.45, 2.75) is 13.3 Å². The molecule has 0 heterocycles. The normalized spacial score (nSPS) is 11.2. The van der Waals surface area contributed by atoms with Gasteiger partial charge in [0.1, 0.15) is 0 Å². The maximum absolute atomic E-state index is 8.58.